The van der Waals surface area contributed by atoms with Gasteiger partial charge in [0, 0.05) is 5.56 Å². The van der Waals surface area contributed by atoms with Gasteiger partial charge in [-0.3, -0.25) is 0 Å². The molecule has 1 aromatic carbocycles. The van der Waals surface area contributed by atoms with Crippen LogP contribution in [-0.2, 0) is 11.2 Å². The molecule has 4 N–H and O–H groups in total. The minimum atomic E-state index is -1.47. The van der Waals surface area contributed by atoms with Crippen molar-refractivity contribution in [2.24, 2.45) is 11.8 Å². The summed E-state index contributed by atoms with van der Waals surface area (Å²) in [6.45, 7) is 14.6. The van der Waals surface area contributed by atoms with E-state index in [1.54, 1.807) is 0 Å². The zero-order valence-electron chi connectivity index (χ0n) is 23.9. The summed E-state index contributed by atoms with van der Waals surface area (Å²) >= 11 is 0. The molecule has 1 aromatic rings. The summed E-state index contributed by atoms with van der Waals surface area (Å²) in [6.07, 6.45) is 2.57. The average Bonchev–Trinajstić information content (AvgIpc) is 2.84. The molecule has 1 fully saturated rings. The van der Waals surface area contributed by atoms with E-state index in [1.807, 2.05) is 20.8 Å². The van der Waals surface area contributed by atoms with Gasteiger partial charge in [-0.1, -0.05) is 46.5 Å². The lowest BCUT2D eigenvalue weighted by molar-refractivity contribution is -0.277. The van der Waals surface area contributed by atoms with Crippen LogP contribution in [0.15, 0.2) is 0 Å². The van der Waals surface area contributed by atoms with Gasteiger partial charge in [0.15, 0.2) is 0 Å². The SMILES string of the molecule is Cc1c(C)c2c(c(C)c1O[C@@H]1O[C@H](CO)[C@@H](O)[C@H](O)[C@H]1O)CCC(C)(CCCC(C)CCCC(C)C)O2. The number of hydrogen-bond donors (Lipinski definition) is 4. The molecule has 0 radical (unpaired) electrons. The van der Waals surface area contributed by atoms with Gasteiger partial charge in [0.05, 0.1) is 6.61 Å². The number of benzene rings is 1. The maximum atomic E-state index is 10.5. The molecular weight excluding hydrogens is 472 g/mol. The fourth-order valence-corrected chi connectivity index (χ4v) is 5.76. The average molecular weight is 523 g/mol. The molecule has 3 rings (SSSR count). The van der Waals surface area contributed by atoms with E-state index in [0.717, 1.165) is 65.5 Å². The van der Waals surface area contributed by atoms with Crippen molar-refractivity contribution in [1.29, 1.82) is 0 Å². The molecule has 2 unspecified atom stereocenters. The Kier molecular flexibility index (Phi) is 10.3. The van der Waals surface area contributed by atoms with Gasteiger partial charge in [-0.15, -0.1) is 0 Å². The molecule has 7 heteroatoms. The van der Waals surface area contributed by atoms with Crippen LogP contribution in [0.4, 0.5) is 0 Å². The molecule has 0 saturated carbocycles. The molecule has 2 heterocycles. The van der Waals surface area contributed by atoms with Crippen molar-refractivity contribution in [3.8, 4) is 11.5 Å². The van der Waals surface area contributed by atoms with E-state index in [2.05, 4.69) is 27.7 Å². The van der Waals surface area contributed by atoms with Gasteiger partial charge in [-0.25, -0.2) is 0 Å². The van der Waals surface area contributed by atoms with Crippen LogP contribution in [0.2, 0.25) is 0 Å². The molecular formula is C30H50O7. The van der Waals surface area contributed by atoms with Gasteiger partial charge >= 0.3 is 0 Å². The predicted molar refractivity (Wildman–Crippen MR) is 144 cm³/mol. The summed E-state index contributed by atoms with van der Waals surface area (Å²) in [4.78, 5) is 0. The van der Waals surface area contributed by atoms with E-state index in [4.69, 9.17) is 14.2 Å². The second-order valence-electron chi connectivity index (χ2n) is 12.2. The highest BCUT2D eigenvalue weighted by Crippen LogP contribution is 2.45. The molecule has 212 valence electrons. The molecule has 2 aliphatic heterocycles. The Morgan fingerprint density at radius 1 is 0.919 bits per heavy atom. The number of aliphatic hydroxyl groups excluding tert-OH is 4. The number of ether oxygens (including phenoxy) is 3. The van der Waals surface area contributed by atoms with Gasteiger partial charge in [0.2, 0.25) is 6.29 Å². The van der Waals surface area contributed by atoms with Crippen molar-refractivity contribution in [2.75, 3.05) is 6.61 Å². The lowest BCUT2D eigenvalue weighted by Crippen LogP contribution is -2.60. The third-order valence-electron chi connectivity index (χ3n) is 8.53. The fraction of sp³-hybridized carbons (Fsp3) is 0.800. The zero-order valence-corrected chi connectivity index (χ0v) is 23.9. The Bertz CT molecular complexity index is 899. The lowest BCUT2D eigenvalue weighted by Gasteiger charge is -2.41. The second-order valence-corrected chi connectivity index (χ2v) is 12.2. The third kappa shape index (κ3) is 6.99. The van der Waals surface area contributed by atoms with Crippen LogP contribution in [0.5, 0.6) is 11.5 Å². The van der Waals surface area contributed by atoms with Gasteiger partial charge in [0.1, 0.15) is 41.5 Å². The summed E-state index contributed by atoms with van der Waals surface area (Å²) in [6, 6.07) is 0. The molecule has 1 saturated heterocycles. The highest BCUT2D eigenvalue weighted by Gasteiger charge is 2.45. The van der Waals surface area contributed by atoms with E-state index in [-0.39, 0.29) is 5.60 Å². The predicted octanol–water partition coefficient (Wildman–Crippen LogP) is 4.51. The largest absolute Gasteiger partial charge is 0.487 e. The number of aliphatic hydroxyl groups is 4. The molecule has 0 aromatic heterocycles. The van der Waals surface area contributed by atoms with Gasteiger partial charge in [-0.05, 0) is 81.9 Å². The van der Waals surface area contributed by atoms with Crippen LogP contribution >= 0.6 is 0 Å². The van der Waals surface area contributed by atoms with E-state index in [1.165, 1.54) is 25.7 Å². The first-order valence-corrected chi connectivity index (χ1v) is 14.2. The van der Waals surface area contributed by atoms with E-state index >= 15 is 0 Å². The molecule has 0 spiro atoms. The first-order valence-electron chi connectivity index (χ1n) is 14.2. The summed E-state index contributed by atoms with van der Waals surface area (Å²) in [7, 11) is 0. The highest BCUT2D eigenvalue weighted by molar-refractivity contribution is 5.59. The Morgan fingerprint density at radius 3 is 2.24 bits per heavy atom. The number of hydrogen-bond acceptors (Lipinski definition) is 7. The van der Waals surface area contributed by atoms with Crippen molar-refractivity contribution >= 4 is 0 Å². The van der Waals surface area contributed by atoms with Crippen molar-refractivity contribution in [3.05, 3.63) is 22.3 Å². The number of fused-ring (bicyclic) bond motifs is 1. The molecule has 2 aliphatic rings. The van der Waals surface area contributed by atoms with Crippen LogP contribution in [-0.4, -0.2) is 63.3 Å². The lowest BCUT2D eigenvalue weighted by atomic mass is 9.84. The Hall–Kier alpha value is -1.38. The quantitative estimate of drug-likeness (QED) is 0.339. The fourth-order valence-electron chi connectivity index (χ4n) is 5.76. The topological polar surface area (TPSA) is 109 Å². The molecule has 0 bridgehead atoms. The molecule has 0 amide bonds. The van der Waals surface area contributed by atoms with E-state index in [9.17, 15) is 20.4 Å². The minimum absolute atomic E-state index is 0.200. The summed E-state index contributed by atoms with van der Waals surface area (Å²) in [5.74, 6) is 3.03. The van der Waals surface area contributed by atoms with Crippen molar-refractivity contribution in [3.63, 3.8) is 0 Å². The summed E-state index contributed by atoms with van der Waals surface area (Å²) in [5.41, 5.74) is 3.70. The van der Waals surface area contributed by atoms with Crippen molar-refractivity contribution in [1.82, 2.24) is 0 Å². The minimum Gasteiger partial charge on any atom is -0.487 e. The first kappa shape index (κ1) is 30.2. The van der Waals surface area contributed by atoms with E-state index in [0.29, 0.717) is 5.75 Å². The monoisotopic (exact) mass is 522 g/mol. The smallest absolute Gasteiger partial charge is 0.229 e. The van der Waals surface area contributed by atoms with Crippen LogP contribution in [0, 0.1) is 32.6 Å². The molecule has 37 heavy (non-hydrogen) atoms. The van der Waals surface area contributed by atoms with Gasteiger partial charge in [0.25, 0.3) is 0 Å². The van der Waals surface area contributed by atoms with Crippen LogP contribution in [0.25, 0.3) is 0 Å². The highest BCUT2D eigenvalue weighted by atomic mass is 16.7. The Balaban J connectivity index is 1.69. The van der Waals surface area contributed by atoms with Crippen LogP contribution < -0.4 is 9.47 Å². The molecule has 0 aliphatic carbocycles. The van der Waals surface area contributed by atoms with Crippen molar-refractivity contribution < 1.29 is 34.6 Å². The van der Waals surface area contributed by atoms with Crippen LogP contribution in [0.3, 0.4) is 0 Å². The maximum Gasteiger partial charge on any atom is 0.229 e. The third-order valence-corrected chi connectivity index (χ3v) is 8.53. The number of rotatable bonds is 11. The second kappa shape index (κ2) is 12.6. The maximum absolute atomic E-state index is 10.5. The normalized spacial score (nSPS) is 30.6. The molecule has 7 nitrogen and oxygen atoms in total. The van der Waals surface area contributed by atoms with E-state index < -0.39 is 37.3 Å². The summed E-state index contributed by atoms with van der Waals surface area (Å²) in [5, 5.41) is 40.2. The van der Waals surface area contributed by atoms with Gasteiger partial charge in [-0.2, -0.15) is 0 Å². The van der Waals surface area contributed by atoms with Crippen LogP contribution in [0.1, 0.15) is 94.9 Å². The Morgan fingerprint density at radius 2 is 1.59 bits per heavy atom. The zero-order chi connectivity index (χ0) is 27.5. The Labute approximate surface area is 223 Å². The first-order chi connectivity index (χ1) is 17.4. The van der Waals surface area contributed by atoms with Gasteiger partial charge < -0.3 is 34.6 Å². The molecule has 7 atom stereocenters. The standard InChI is InChI=1S/C30H50O7/c1-17(2)10-8-11-18(3)12-9-14-30(7)15-13-22-21(6)27(19(4)20(5)28(22)37-30)36-29-26(34)25(33)24(32)23(16-31)35-29/h17-18,23-26,29,31-34H,8-16H2,1-7H3/t18?,23-,24-,25+,26-,29+,30?/m1/s1. The van der Waals surface area contributed by atoms with Crippen molar-refractivity contribution in [2.45, 2.75) is 136 Å². The summed E-state index contributed by atoms with van der Waals surface area (Å²) < 4.78 is 18.4.